The van der Waals surface area contributed by atoms with Crippen molar-refractivity contribution in [1.82, 2.24) is 9.88 Å². The molecule has 7 heteroatoms. The van der Waals surface area contributed by atoms with E-state index < -0.39 is 0 Å². The van der Waals surface area contributed by atoms with Crippen molar-refractivity contribution in [3.05, 3.63) is 100 Å². The number of carbonyl (C=O) groups excluding carboxylic acids is 1. The van der Waals surface area contributed by atoms with Crippen LogP contribution in [0.5, 0.6) is 11.5 Å². The summed E-state index contributed by atoms with van der Waals surface area (Å²) in [6.07, 6.45) is 0.625. The minimum absolute atomic E-state index is 0.201. The zero-order valence-electron chi connectivity index (χ0n) is 19.8. The van der Waals surface area contributed by atoms with Crippen molar-refractivity contribution in [3.63, 3.8) is 0 Å². The first kappa shape index (κ1) is 24.4. The van der Waals surface area contributed by atoms with Gasteiger partial charge in [0.25, 0.3) is 5.91 Å². The number of amides is 1. The van der Waals surface area contributed by atoms with Crippen LogP contribution in [0, 0.1) is 12.7 Å². The third-order valence-corrected chi connectivity index (χ3v) is 6.10. The molecule has 0 aliphatic carbocycles. The second-order valence-corrected chi connectivity index (χ2v) is 8.48. The summed E-state index contributed by atoms with van der Waals surface area (Å²) < 4.78 is 26.6. The van der Waals surface area contributed by atoms with Crippen molar-refractivity contribution in [1.29, 1.82) is 0 Å². The van der Waals surface area contributed by atoms with E-state index in [-0.39, 0.29) is 11.7 Å². The first-order chi connectivity index (χ1) is 16.9. The zero-order chi connectivity index (χ0) is 24.9. The summed E-state index contributed by atoms with van der Waals surface area (Å²) in [6, 6.07) is 21.2. The maximum atomic E-state index is 14.0. The number of nitrogens with one attached hydrogen (secondary N) is 1. The Morgan fingerprint density at radius 3 is 2.40 bits per heavy atom. The maximum Gasteiger partial charge on any atom is 0.253 e. The lowest BCUT2D eigenvalue weighted by molar-refractivity contribution is 0.0953. The van der Waals surface area contributed by atoms with Crippen LogP contribution < -0.4 is 14.8 Å². The molecule has 5 nitrogen and oxygen atoms in total. The highest BCUT2D eigenvalue weighted by Gasteiger charge is 2.20. The molecule has 3 aromatic carbocycles. The second kappa shape index (κ2) is 10.7. The van der Waals surface area contributed by atoms with Gasteiger partial charge < -0.3 is 19.4 Å². The zero-order valence-corrected chi connectivity index (χ0v) is 20.5. The Bertz CT molecular complexity index is 1350. The Kier molecular flexibility index (Phi) is 7.42. The van der Waals surface area contributed by atoms with Crippen LogP contribution in [0.15, 0.2) is 72.8 Å². The number of carbonyl (C=O) groups is 1. The fourth-order valence-electron chi connectivity index (χ4n) is 4.07. The van der Waals surface area contributed by atoms with Gasteiger partial charge in [-0.3, -0.25) is 4.79 Å². The van der Waals surface area contributed by atoms with Gasteiger partial charge in [0.1, 0.15) is 5.82 Å². The van der Waals surface area contributed by atoms with Gasteiger partial charge in [-0.15, -0.1) is 0 Å². The summed E-state index contributed by atoms with van der Waals surface area (Å²) >= 11 is 6.07. The highest BCUT2D eigenvalue weighted by atomic mass is 35.5. The number of hydrogen-bond acceptors (Lipinski definition) is 3. The number of aromatic nitrogens is 1. The van der Waals surface area contributed by atoms with E-state index in [1.165, 1.54) is 12.1 Å². The van der Waals surface area contributed by atoms with Crippen LogP contribution in [-0.2, 0) is 6.42 Å². The van der Waals surface area contributed by atoms with E-state index in [9.17, 15) is 9.18 Å². The van der Waals surface area contributed by atoms with E-state index in [0.717, 1.165) is 16.8 Å². The molecule has 1 amide bonds. The maximum absolute atomic E-state index is 14.0. The van der Waals surface area contributed by atoms with Crippen LogP contribution in [0.4, 0.5) is 4.39 Å². The predicted octanol–water partition coefficient (Wildman–Crippen LogP) is 6.23. The standard InChI is InChI=1S/C28H26ClFN2O3/c1-18-24(28(33)31-14-13-19-7-12-26(34-2)27(15-19)35-3)17-25(20-8-10-21(29)11-9-20)32(18)23-6-4-5-22(30)16-23/h4-12,15-17H,13-14H2,1-3H3,(H,31,33). The molecule has 0 fully saturated rings. The van der Waals surface area contributed by atoms with Gasteiger partial charge in [-0.1, -0.05) is 35.9 Å². The lowest BCUT2D eigenvalue weighted by Gasteiger charge is -2.13. The smallest absolute Gasteiger partial charge is 0.253 e. The monoisotopic (exact) mass is 492 g/mol. The van der Waals surface area contributed by atoms with E-state index in [0.29, 0.717) is 46.4 Å². The number of hydrogen-bond donors (Lipinski definition) is 1. The average molecular weight is 493 g/mol. The van der Waals surface area contributed by atoms with E-state index in [2.05, 4.69) is 5.32 Å². The molecule has 0 atom stereocenters. The van der Waals surface area contributed by atoms with Gasteiger partial charge in [0.15, 0.2) is 11.5 Å². The fraction of sp³-hybridized carbons (Fsp3) is 0.179. The lowest BCUT2D eigenvalue weighted by atomic mass is 10.1. The Morgan fingerprint density at radius 1 is 0.971 bits per heavy atom. The molecule has 0 radical (unpaired) electrons. The van der Waals surface area contributed by atoms with Crippen molar-refractivity contribution in [2.45, 2.75) is 13.3 Å². The summed E-state index contributed by atoms with van der Waals surface area (Å²) in [5, 5.41) is 3.61. The molecule has 0 aliphatic rings. The van der Waals surface area contributed by atoms with Crippen LogP contribution in [0.3, 0.4) is 0 Å². The van der Waals surface area contributed by atoms with Crippen LogP contribution in [0.2, 0.25) is 5.02 Å². The fourth-order valence-corrected chi connectivity index (χ4v) is 4.20. The minimum Gasteiger partial charge on any atom is -0.493 e. The third kappa shape index (κ3) is 5.33. The van der Waals surface area contributed by atoms with E-state index in [4.69, 9.17) is 21.1 Å². The largest absolute Gasteiger partial charge is 0.493 e. The van der Waals surface area contributed by atoms with Crippen molar-refractivity contribution < 1.29 is 18.7 Å². The Balaban J connectivity index is 1.60. The van der Waals surface area contributed by atoms with Gasteiger partial charge in [-0.05, 0) is 73.0 Å². The molecule has 1 aromatic heterocycles. The molecule has 0 saturated carbocycles. The average Bonchev–Trinajstić information content (AvgIpc) is 3.21. The summed E-state index contributed by atoms with van der Waals surface area (Å²) in [6.45, 7) is 2.29. The highest BCUT2D eigenvalue weighted by Crippen LogP contribution is 2.31. The Hall–Kier alpha value is -3.77. The summed E-state index contributed by atoms with van der Waals surface area (Å²) in [5.74, 6) is 0.753. The molecule has 1 heterocycles. The third-order valence-electron chi connectivity index (χ3n) is 5.85. The quantitative estimate of drug-likeness (QED) is 0.317. The van der Waals surface area contributed by atoms with E-state index >= 15 is 0 Å². The Morgan fingerprint density at radius 2 is 1.71 bits per heavy atom. The number of halogens is 2. The normalized spacial score (nSPS) is 10.8. The van der Waals surface area contributed by atoms with E-state index in [1.807, 2.05) is 54.0 Å². The molecule has 4 aromatic rings. The number of nitrogens with zero attached hydrogens (tertiary/aromatic N) is 1. The van der Waals surface area contributed by atoms with Crippen molar-refractivity contribution in [2.24, 2.45) is 0 Å². The van der Waals surface area contributed by atoms with Crippen molar-refractivity contribution in [2.75, 3.05) is 20.8 Å². The van der Waals surface area contributed by atoms with Crippen molar-refractivity contribution >= 4 is 17.5 Å². The number of ether oxygens (including phenoxy) is 2. The molecular weight excluding hydrogens is 467 g/mol. The van der Waals surface area contributed by atoms with Crippen LogP contribution in [0.1, 0.15) is 21.6 Å². The molecular formula is C28H26ClFN2O3. The highest BCUT2D eigenvalue weighted by molar-refractivity contribution is 6.30. The van der Waals surface area contributed by atoms with Crippen LogP contribution in [0.25, 0.3) is 16.9 Å². The van der Waals surface area contributed by atoms with Gasteiger partial charge in [0, 0.05) is 22.9 Å². The molecule has 0 saturated heterocycles. The van der Waals surface area contributed by atoms with Gasteiger partial charge in [-0.25, -0.2) is 4.39 Å². The molecule has 180 valence electrons. The molecule has 4 rings (SSSR count). The molecule has 35 heavy (non-hydrogen) atoms. The summed E-state index contributed by atoms with van der Waals surface area (Å²) in [4.78, 5) is 13.2. The molecule has 0 aliphatic heterocycles. The Labute approximate surface area is 209 Å². The van der Waals surface area contributed by atoms with Gasteiger partial charge >= 0.3 is 0 Å². The molecule has 1 N–H and O–H groups in total. The number of rotatable bonds is 8. The SMILES string of the molecule is COc1ccc(CCNC(=O)c2cc(-c3ccc(Cl)cc3)n(-c3cccc(F)c3)c2C)cc1OC. The molecule has 0 unspecified atom stereocenters. The first-order valence-electron chi connectivity index (χ1n) is 11.1. The van der Waals surface area contributed by atoms with E-state index in [1.54, 1.807) is 32.4 Å². The summed E-state index contributed by atoms with van der Waals surface area (Å²) in [7, 11) is 3.18. The minimum atomic E-state index is -0.349. The van der Waals surface area contributed by atoms with Gasteiger partial charge in [0.2, 0.25) is 0 Å². The first-order valence-corrected chi connectivity index (χ1v) is 11.5. The predicted molar refractivity (Wildman–Crippen MR) is 136 cm³/mol. The van der Waals surface area contributed by atoms with Gasteiger partial charge in [-0.2, -0.15) is 0 Å². The topological polar surface area (TPSA) is 52.5 Å². The lowest BCUT2D eigenvalue weighted by Crippen LogP contribution is -2.26. The van der Waals surface area contributed by atoms with Crippen LogP contribution >= 0.6 is 11.6 Å². The van der Waals surface area contributed by atoms with Crippen molar-refractivity contribution in [3.8, 4) is 28.4 Å². The second-order valence-electron chi connectivity index (χ2n) is 8.05. The number of benzene rings is 3. The van der Waals surface area contributed by atoms with Crippen LogP contribution in [-0.4, -0.2) is 31.2 Å². The molecule has 0 spiro atoms. The number of methoxy groups -OCH3 is 2. The molecule has 0 bridgehead atoms. The summed E-state index contributed by atoms with van der Waals surface area (Å²) in [5.41, 5.74) is 4.52. The van der Waals surface area contributed by atoms with Gasteiger partial charge in [0.05, 0.1) is 25.5 Å².